The van der Waals surface area contributed by atoms with Crippen LogP contribution in [0.2, 0.25) is 5.02 Å². The Bertz CT molecular complexity index is 970. The average molecular weight is 364 g/mol. The lowest BCUT2D eigenvalue weighted by molar-refractivity contribution is 0.376. The number of rotatable bonds is 5. The highest BCUT2D eigenvalue weighted by molar-refractivity contribution is 7.89. The van der Waals surface area contributed by atoms with Crippen molar-refractivity contribution in [1.82, 2.24) is 14.9 Å². The van der Waals surface area contributed by atoms with Gasteiger partial charge in [0.25, 0.3) is 0 Å². The number of halogens is 1. The summed E-state index contributed by atoms with van der Waals surface area (Å²) < 4.78 is 32.1. The molecule has 3 rings (SSSR count). The van der Waals surface area contributed by atoms with E-state index < -0.39 is 10.0 Å². The lowest BCUT2D eigenvalue weighted by Crippen LogP contribution is -2.23. The maximum Gasteiger partial charge on any atom is 0.242 e. The second-order valence-electron chi connectivity index (χ2n) is 5.13. The molecule has 2 aromatic carbocycles. The summed E-state index contributed by atoms with van der Waals surface area (Å²) >= 11 is 6.08. The fourth-order valence-electron chi connectivity index (χ4n) is 2.10. The Morgan fingerprint density at radius 1 is 1.17 bits per heavy atom. The van der Waals surface area contributed by atoms with Crippen molar-refractivity contribution in [2.45, 2.75) is 18.4 Å². The average Bonchev–Trinajstić information content (AvgIpc) is 3.02. The zero-order valence-corrected chi connectivity index (χ0v) is 14.3. The van der Waals surface area contributed by atoms with Crippen molar-refractivity contribution in [3.8, 4) is 11.4 Å². The molecular formula is C16H14ClN3O3S. The molecule has 0 bridgehead atoms. The molecule has 24 heavy (non-hydrogen) atoms. The molecular weight excluding hydrogens is 350 g/mol. The Kier molecular flexibility index (Phi) is 4.66. The van der Waals surface area contributed by atoms with Gasteiger partial charge in [0, 0.05) is 5.56 Å². The van der Waals surface area contributed by atoms with Gasteiger partial charge in [0.05, 0.1) is 16.5 Å². The lowest BCUT2D eigenvalue weighted by atomic mass is 10.2. The van der Waals surface area contributed by atoms with Crippen LogP contribution in [0, 0.1) is 6.92 Å². The third-order valence-electron chi connectivity index (χ3n) is 3.30. The second-order valence-corrected chi connectivity index (χ2v) is 7.31. The van der Waals surface area contributed by atoms with E-state index >= 15 is 0 Å². The first-order chi connectivity index (χ1) is 11.5. The number of nitrogens with one attached hydrogen (secondary N) is 1. The van der Waals surface area contributed by atoms with Gasteiger partial charge < -0.3 is 4.52 Å². The summed E-state index contributed by atoms with van der Waals surface area (Å²) in [6.07, 6.45) is 0. The zero-order chi connectivity index (χ0) is 17.2. The molecule has 124 valence electrons. The van der Waals surface area contributed by atoms with Crippen molar-refractivity contribution >= 4 is 21.6 Å². The first-order valence-corrected chi connectivity index (χ1v) is 8.96. The van der Waals surface area contributed by atoms with E-state index in [-0.39, 0.29) is 17.3 Å². The van der Waals surface area contributed by atoms with Crippen LogP contribution in [-0.4, -0.2) is 18.6 Å². The highest BCUT2D eigenvalue weighted by Gasteiger charge is 2.17. The molecule has 1 heterocycles. The van der Waals surface area contributed by atoms with E-state index in [4.69, 9.17) is 16.1 Å². The fraction of sp³-hybridized carbons (Fsp3) is 0.125. The Labute approximate surface area is 144 Å². The summed E-state index contributed by atoms with van der Waals surface area (Å²) in [5.74, 6) is 0.464. The summed E-state index contributed by atoms with van der Waals surface area (Å²) in [7, 11) is -3.65. The minimum atomic E-state index is -3.65. The molecule has 0 aliphatic rings. The van der Waals surface area contributed by atoms with Gasteiger partial charge in [-0.3, -0.25) is 0 Å². The van der Waals surface area contributed by atoms with Crippen LogP contribution >= 0.6 is 11.6 Å². The van der Waals surface area contributed by atoms with Crippen molar-refractivity contribution < 1.29 is 12.9 Å². The van der Waals surface area contributed by atoms with Gasteiger partial charge in [-0.15, -0.1) is 0 Å². The summed E-state index contributed by atoms with van der Waals surface area (Å²) in [5, 5.41) is 4.32. The summed E-state index contributed by atoms with van der Waals surface area (Å²) in [6.45, 7) is 1.72. The third-order valence-corrected chi connectivity index (χ3v) is 5.02. The maximum absolute atomic E-state index is 12.3. The van der Waals surface area contributed by atoms with Crippen molar-refractivity contribution in [3.63, 3.8) is 0 Å². The molecule has 1 N–H and O–H groups in total. The minimum Gasteiger partial charge on any atom is -0.338 e. The van der Waals surface area contributed by atoms with E-state index in [9.17, 15) is 8.42 Å². The maximum atomic E-state index is 12.3. The molecule has 0 spiro atoms. The van der Waals surface area contributed by atoms with Crippen molar-refractivity contribution in [3.05, 3.63) is 65.0 Å². The van der Waals surface area contributed by atoms with E-state index in [0.29, 0.717) is 16.4 Å². The van der Waals surface area contributed by atoms with E-state index in [1.807, 2.05) is 13.0 Å². The standard InChI is InChI=1S/C16H14ClN3O3S/c1-11-5-4-6-12(9-11)24(21,22)18-10-15-19-16(20-23-15)13-7-2-3-8-14(13)17/h2-9,18H,10H2,1H3. The normalized spacial score (nSPS) is 11.6. The number of aryl methyl sites for hydroxylation is 1. The van der Waals surface area contributed by atoms with Crippen LogP contribution in [0.25, 0.3) is 11.4 Å². The topological polar surface area (TPSA) is 85.1 Å². The highest BCUT2D eigenvalue weighted by Crippen LogP contribution is 2.24. The van der Waals surface area contributed by atoms with Gasteiger partial charge >= 0.3 is 0 Å². The molecule has 1 aromatic heterocycles. The Hall–Kier alpha value is -2.22. The van der Waals surface area contributed by atoms with Gasteiger partial charge in [0.1, 0.15) is 0 Å². The van der Waals surface area contributed by atoms with Crippen LogP contribution in [0.3, 0.4) is 0 Å². The Balaban J connectivity index is 1.75. The summed E-state index contributed by atoms with van der Waals surface area (Å²) in [4.78, 5) is 4.35. The Morgan fingerprint density at radius 2 is 1.96 bits per heavy atom. The van der Waals surface area contributed by atoms with Gasteiger partial charge in [-0.05, 0) is 36.8 Å². The molecule has 0 fully saturated rings. The largest absolute Gasteiger partial charge is 0.338 e. The molecule has 0 radical (unpaired) electrons. The number of benzene rings is 2. The monoisotopic (exact) mass is 363 g/mol. The summed E-state index contributed by atoms with van der Waals surface area (Å²) in [5.41, 5.74) is 1.48. The van der Waals surface area contributed by atoms with Crippen LogP contribution in [0.1, 0.15) is 11.5 Å². The van der Waals surface area contributed by atoms with Gasteiger partial charge in [0.2, 0.25) is 21.7 Å². The molecule has 8 heteroatoms. The third kappa shape index (κ3) is 3.64. The molecule has 0 atom stereocenters. The first kappa shape index (κ1) is 16.6. The number of hydrogen-bond donors (Lipinski definition) is 1. The quantitative estimate of drug-likeness (QED) is 0.752. The lowest BCUT2D eigenvalue weighted by Gasteiger charge is -2.05. The number of aromatic nitrogens is 2. The van der Waals surface area contributed by atoms with Crippen molar-refractivity contribution in [1.29, 1.82) is 0 Å². The molecule has 0 saturated heterocycles. The van der Waals surface area contributed by atoms with Crippen LogP contribution in [0.15, 0.2) is 57.9 Å². The van der Waals surface area contributed by atoms with E-state index in [2.05, 4.69) is 14.9 Å². The Morgan fingerprint density at radius 3 is 2.71 bits per heavy atom. The molecule has 0 saturated carbocycles. The van der Waals surface area contributed by atoms with Gasteiger partial charge in [0.15, 0.2) is 0 Å². The predicted octanol–water partition coefficient (Wildman–Crippen LogP) is 3.18. The number of sulfonamides is 1. The number of hydrogen-bond acceptors (Lipinski definition) is 5. The van der Waals surface area contributed by atoms with E-state index in [0.717, 1.165) is 5.56 Å². The van der Waals surface area contributed by atoms with Crippen LogP contribution in [0.5, 0.6) is 0 Å². The summed E-state index contributed by atoms with van der Waals surface area (Å²) in [6, 6.07) is 13.7. The fourth-order valence-corrected chi connectivity index (χ4v) is 3.40. The molecule has 0 aliphatic carbocycles. The van der Waals surface area contributed by atoms with Gasteiger partial charge in [-0.2, -0.15) is 4.98 Å². The van der Waals surface area contributed by atoms with Crippen LogP contribution in [0.4, 0.5) is 0 Å². The smallest absolute Gasteiger partial charge is 0.242 e. The van der Waals surface area contributed by atoms with Crippen LogP contribution in [-0.2, 0) is 16.6 Å². The van der Waals surface area contributed by atoms with Gasteiger partial charge in [-0.1, -0.05) is 41.0 Å². The number of nitrogens with zero attached hydrogens (tertiary/aromatic N) is 2. The molecule has 6 nitrogen and oxygen atoms in total. The zero-order valence-electron chi connectivity index (χ0n) is 12.7. The second kappa shape index (κ2) is 6.72. The van der Waals surface area contributed by atoms with Crippen LogP contribution < -0.4 is 4.72 Å². The highest BCUT2D eigenvalue weighted by atomic mass is 35.5. The predicted molar refractivity (Wildman–Crippen MR) is 89.9 cm³/mol. The van der Waals surface area contributed by atoms with E-state index in [1.165, 1.54) is 6.07 Å². The molecule has 0 aliphatic heterocycles. The van der Waals surface area contributed by atoms with Crippen molar-refractivity contribution in [2.24, 2.45) is 0 Å². The molecule has 3 aromatic rings. The molecule has 0 unspecified atom stereocenters. The van der Waals surface area contributed by atoms with E-state index in [1.54, 1.807) is 36.4 Å². The SMILES string of the molecule is Cc1cccc(S(=O)(=O)NCc2nc(-c3ccccc3Cl)no2)c1. The minimum absolute atomic E-state index is 0.103. The molecule has 0 amide bonds. The first-order valence-electron chi connectivity index (χ1n) is 7.09. The van der Waals surface area contributed by atoms with Crippen molar-refractivity contribution in [2.75, 3.05) is 0 Å². The van der Waals surface area contributed by atoms with Gasteiger partial charge in [-0.25, -0.2) is 13.1 Å².